The molecule has 0 saturated heterocycles. The summed E-state index contributed by atoms with van der Waals surface area (Å²) < 4.78 is 0. The van der Waals surface area contributed by atoms with E-state index in [0.29, 0.717) is 30.2 Å². The third kappa shape index (κ3) is 8.64. The third-order valence-electron chi connectivity index (χ3n) is 7.07. The first-order valence-corrected chi connectivity index (χ1v) is 14.9. The van der Waals surface area contributed by atoms with Gasteiger partial charge in [-0.2, -0.15) is 0 Å². The third-order valence-corrected chi connectivity index (χ3v) is 8.32. The largest absolute Gasteiger partial charge is 0.352 e. The van der Waals surface area contributed by atoms with Crippen molar-refractivity contribution in [2.24, 2.45) is 0 Å². The molecule has 0 bridgehead atoms. The number of hydrogen-bond donors (Lipinski definition) is 1. The summed E-state index contributed by atoms with van der Waals surface area (Å²) in [6, 6.07) is 25.5. The maximum absolute atomic E-state index is 13.8. The number of nitrogens with one attached hydrogen (secondary N) is 1. The molecule has 2 amide bonds. The van der Waals surface area contributed by atoms with E-state index in [9.17, 15) is 9.59 Å². The van der Waals surface area contributed by atoms with E-state index in [2.05, 4.69) is 36.5 Å². The molecule has 0 spiro atoms. The molecule has 1 aliphatic carbocycles. The average molecular weight is 549 g/mol. The molecule has 1 aliphatic rings. The zero-order valence-electron chi connectivity index (χ0n) is 22.1. The Hall–Kier alpha value is -2.76. The lowest BCUT2D eigenvalue weighted by atomic mass is 9.94. The van der Waals surface area contributed by atoms with Crippen LogP contribution >= 0.6 is 23.4 Å². The van der Waals surface area contributed by atoms with Gasteiger partial charge in [-0.1, -0.05) is 91.0 Å². The lowest BCUT2D eigenvalue weighted by Gasteiger charge is -2.33. The average Bonchev–Trinajstić information content (AvgIpc) is 2.93. The SMILES string of the molecule is Cc1ccc(SCCC(=O)N(Cc2cccc(Cl)c2)[C@H](Cc2ccccc2)C(=O)NC2CCCCC2)cc1. The molecule has 1 fully saturated rings. The second-order valence-electron chi connectivity index (χ2n) is 10.1. The predicted molar refractivity (Wildman–Crippen MR) is 157 cm³/mol. The zero-order chi connectivity index (χ0) is 26.7. The van der Waals surface area contributed by atoms with Crippen LogP contribution in [0.5, 0.6) is 0 Å². The Balaban J connectivity index is 1.56. The number of nitrogens with zero attached hydrogens (tertiary/aromatic N) is 1. The number of rotatable bonds is 11. The number of carbonyl (C=O) groups is 2. The molecule has 4 nitrogen and oxygen atoms in total. The first-order valence-electron chi connectivity index (χ1n) is 13.6. The Bertz CT molecular complexity index is 1180. The molecular formula is C32H37ClN2O2S. The number of thioether (sulfide) groups is 1. The van der Waals surface area contributed by atoms with Crippen molar-refractivity contribution in [1.29, 1.82) is 0 Å². The minimum Gasteiger partial charge on any atom is -0.352 e. The van der Waals surface area contributed by atoms with E-state index in [0.717, 1.165) is 41.7 Å². The highest BCUT2D eigenvalue weighted by molar-refractivity contribution is 7.99. The Labute approximate surface area is 236 Å². The molecule has 0 heterocycles. The molecule has 0 radical (unpaired) electrons. The molecule has 6 heteroatoms. The molecule has 0 unspecified atom stereocenters. The Morgan fingerprint density at radius 1 is 0.947 bits per heavy atom. The maximum atomic E-state index is 13.8. The Morgan fingerprint density at radius 2 is 1.66 bits per heavy atom. The van der Waals surface area contributed by atoms with Crippen LogP contribution in [0.15, 0.2) is 83.8 Å². The van der Waals surface area contributed by atoms with Gasteiger partial charge in [0.25, 0.3) is 0 Å². The highest BCUT2D eigenvalue weighted by Gasteiger charge is 2.31. The lowest BCUT2D eigenvalue weighted by molar-refractivity contribution is -0.141. The van der Waals surface area contributed by atoms with Crippen LogP contribution in [0.4, 0.5) is 0 Å². The summed E-state index contributed by atoms with van der Waals surface area (Å²) in [4.78, 5) is 30.5. The Morgan fingerprint density at radius 3 is 2.37 bits per heavy atom. The fourth-order valence-corrected chi connectivity index (χ4v) is 6.02. The minimum absolute atomic E-state index is 0.0238. The van der Waals surface area contributed by atoms with E-state index in [1.54, 1.807) is 16.7 Å². The van der Waals surface area contributed by atoms with E-state index in [-0.39, 0.29) is 17.9 Å². The number of carbonyl (C=O) groups excluding carboxylic acids is 2. The van der Waals surface area contributed by atoms with Crippen molar-refractivity contribution in [1.82, 2.24) is 10.2 Å². The van der Waals surface area contributed by atoms with E-state index >= 15 is 0 Å². The monoisotopic (exact) mass is 548 g/mol. The lowest BCUT2D eigenvalue weighted by Crippen LogP contribution is -2.52. The number of halogens is 1. The van der Waals surface area contributed by atoms with Crippen LogP contribution in [-0.2, 0) is 22.6 Å². The minimum atomic E-state index is -0.602. The Kier molecular flexibility index (Phi) is 10.7. The predicted octanol–water partition coefficient (Wildman–Crippen LogP) is 7.22. The van der Waals surface area contributed by atoms with Crippen molar-refractivity contribution in [2.45, 2.75) is 75.4 Å². The zero-order valence-corrected chi connectivity index (χ0v) is 23.6. The molecule has 4 rings (SSSR count). The van der Waals surface area contributed by atoms with E-state index in [1.165, 1.54) is 12.0 Å². The second kappa shape index (κ2) is 14.4. The first kappa shape index (κ1) is 28.3. The summed E-state index contributed by atoms with van der Waals surface area (Å²) in [6.45, 7) is 2.40. The van der Waals surface area contributed by atoms with Gasteiger partial charge < -0.3 is 10.2 Å². The molecule has 3 aromatic carbocycles. The van der Waals surface area contributed by atoms with Crippen LogP contribution in [0.2, 0.25) is 5.02 Å². The van der Waals surface area contributed by atoms with Crippen molar-refractivity contribution in [3.63, 3.8) is 0 Å². The van der Waals surface area contributed by atoms with Crippen molar-refractivity contribution < 1.29 is 9.59 Å². The van der Waals surface area contributed by atoms with Gasteiger partial charge in [0.1, 0.15) is 6.04 Å². The maximum Gasteiger partial charge on any atom is 0.243 e. The van der Waals surface area contributed by atoms with Crippen LogP contribution in [0.3, 0.4) is 0 Å². The van der Waals surface area contributed by atoms with Gasteiger partial charge in [-0.05, 0) is 55.2 Å². The van der Waals surface area contributed by atoms with Gasteiger partial charge in [-0.15, -0.1) is 11.8 Å². The van der Waals surface area contributed by atoms with Gasteiger partial charge in [0, 0.05) is 41.1 Å². The summed E-state index contributed by atoms with van der Waals surface area (Å²) in [7, 11) is 0. The number of amides is 2. The van der Waals surface area contributed by atoms with Crippen LogP contribution in [0.25, 0.3) is 0 Å². The van der Waals surface area contributed by atoms with Gasteiger partial charge in [0.15, 0.2) is 0 Å². The quantitative estimate of drug-likeness (QED) is 0.257. The van der Waals surface area contributed by atoms with Crippen molar-refractivity contribution in [2.75, 3.05) is 5.75 Å². The molecule has 1 atom stereocenters. The highest BCUT2D eigenvalue weighted by Crippen LogP contribution is 2.23. The summed E-state index contributed by atoms with van der Waals surface area (Å²) in [5.74, 6) is 0.558. The van der Waals surface area contributed by atoms with Crippen LogP contribution in [0, 0.1) is 6.92 Å². The number of benzene rings is 3. The van der Waals surface area contributed by atoms with Gasteiger partial charge in [-0.3, -0.25) is 9.59 Å². The molecular weight excluding hydrogens is 512 g/mol. The van der Waals surface area contributed by atoms with Crippen molar-refractivity contribution >= 4 is 35.2 Å². The van der Waals surface area contributed by atoms with Crippen LogP contribution in [0.1, 0.15) is 55.2 Å². The number of aryl methyl sites for hydroxylation is 1. The summed E-state index contributed by atoms with van der Waals surface area (Å²) in [5, 5.41) is 3.92. The first-order chi connectivity index (χ1) is 18.5. The topological polar surface area (TPSA) is 49.4 Å². The molecule has 1 saturated carbocycles. The van der Waals surface area contributed by atoms with Gasteiger partial charge in [0.2, 0.25) is 11.8 Å². The molecule has 1 N–H and O–H groups in total. The van der Waals surface area contributed by atoms with Gasteiger partial charge in [-0.25, -0.2) is 0 Å². The molecule has 38 heavy (non-hydrogen) atoms. The van der Waals surface area contributed by atoms with Crippen LogP contribution < -0.4 is 5.32 Å². The van der Waals surface area contributed by atoms with E-state index in [1.807, 2.05) is 54.6 Å². The van der Waals surface area contributed by atoms with Crippen LogP contribution in [-0.4, -0.2) is 34.6 Å². The fourth-order valence-electron chi connectivity index (χ4n) is 4.96. The van der Waals surface area contributed by atoms with Gasteiger partial charge in [0.05, 0.1) is 0 Å². The smallest absolute Gasteiger partial charge is 0.243 e. The highest BCUT2D eigenvalue weighted by atomic mass is 35.5. The van der Waals surface area contributed by atoms with E-state index in [4.69, 9.17) is 11.6 Å². The van der Waals surface area contributed by atoms with Crippen molar-refractivity contribution in [3.8, 4) is 0 Å². The van der Waals surface area contributed by atoms with Gasteiger partial charge >= 0.3 is 0 Å². The summed E-state index contributed by atoms with van der Waals surface area (Å²) in [6.07, 6.45) is 6.31. The molecule has 0 aliphatic heterocycles. The second-order valence-corrected chi connectivity index (χ2v) is 11.7. The normalized spacial score (nSPS) is 14.6. The summed E-state index contributed by atoms with van der Waals surface area (Å²) >= 11 is 7.95. The van der Waals surface area contributed by atoms with Crippen molar-refractivity contribution in [3.05, 3.63) is 101 Å². The standard InChI is InChI=1S/C32H37ClN2O2S/c1-24-15-17-29(18-16-24)38-20-19-31(36)35(23-26-11-8-12-27(33)21-26)30(22-25-9-4-2-5-10-25)32(37)34-28-13-6-3-7-14-28/h2,4-5,8-12,15-18,21,28,30H,3,6-7,13-14,19-20,22-23H2,1H3,(H,34,37)/t30-/m1/s1. The molecule has 3 aromatic rings. The molecule has 200 valence electrons. The molecule has 0 aromatic heterocycles. The van der Waals surface area contributed by atoms with E-state index < -0.39 is 6.04 Å². The summed E-state index contributed by atoms with van der Waals surface area (Å²) in [5.41, 5.74) is 3.17. The fraction of sp³-hybridized carbons (Fsp3) is 0.375. The number of hydrogen-bond acceptors (Lipinski definition) is 3.